The summed E-state index contributed by atoms with van der Waals surface area (Å²) < 4.78 is 3.21. The Morgan fingerprint density at radius 2 is 2.06 bits per heavy atom. The molecule has 0 bridgehead atoms. The summed E-state index contributed by atoms with van der Waals surface area (Å²) in [5.41, 5.74) is 2.34. The predicted molar refractivity (Wildman–Crippen MR) is 73.1 cm³/mol. The number of hydrogen-bond acceptors (Lipinski definition) is 1. The topological polar surface area (TPSA) is 17.8 Å². The number of halogens is 2. The summed E-state index contributed by atoms with van der Waals surface area (Å²) >= 11 is 9.64. The molecule has 0 radical (unpaired) electrons. The summed E-state index contributed by atoms with van der Waals surface area (Å²) in [6.45, 7) is 9.51. The average molecular weight is 308 g/mol. The smallest absolute Gasteiger partial charge is 0.0738 e. The molecule has 0 spiro atoms. The molecule has 1 atom stereocenters. The Kier molecular flexibility index (Phi) is 5.32. The van der Waals surface area contributed by atoms with Gasteiger partial charge in [0.15, 0.2) is 0 Å². The molecule has 1 rings (SSSR count). The van der Waals surface area contributed by atoms with Crippen LogP contribution in [0.15, 0.2) is 4.47 Å². The van der Waals surface area contributed by atoms with Gasteiger partial charge in [0, 0.05) is 12.4 Å². The molecule has 0 fully saturated rings. The first-order chi connectivity index (χ1) is 7.51. The predicted octanol–water partition coefficient (Wildman–Crippen LogP) is 4.03. The van der Waals surface area contributed by atoms with Gasteiger partial charge in [0.25, 0.3) is 0 Å². The standard InChI is InChI=1S/C12H20BrClN2/c1-5-16-11(12(13)9(4)15-16)6-10(7-14)8(2)3/h8,10H,5-7H2,1-4H3. The fourth-order valence-electron chi connectivity index (χ4n) is 1.78. The lowest BCUT2D eigenvalue weighted by atomic mass is 9.93. The molecule has 0 aromatic carbocycles. The van der Waals surface area contributed by atoms with E-state index in [4.69, 9.17) is 11.6 Å². The third-order valence-corrected chi connectivity index (χ3v) is 4.48. The minimum atomic E-state index is 0.513. The van der Waals surface area contributed by atoms with Gasteiger partial charge >= 0.3 is 0 Å². The van der Waals surface area contributed by atoms with Gasteiger partial charge in [-0.25, -0.2) is 0 Å². The van der Waals surface area contributed by atoms with Crippen LogP contribution < -0.4 is 0 Å². The van der Waals surface area contributed by atoms with E-state index in [2.05, 4.69) is 46.5 Å². The van der Waals surface area contributed by atoms with Gasteiger partial charge in [0.05, 0.1) is 15.9 Å². The zero-order valence-corrected chi connectivity index (χ0v) is 12.8. The average Bonchev–Trinajstić information content (AvgIpc) is 2.51. The molecule has 1 unspecified atom stereocenters. The van der Waals surface area contributed by atoms with Crippen molar-refractivity contribution in [3.63, 3.8) is 0 Å². The molecule has 0 aliphatic carbocycles. The van der Waals surface area contributed by atoms with Crippen LogP contribution in [0.3, 0.4) is 0 Å². The minimum absolute atomic E-state index is 0.513. The monoisotopic (exact) mass is 306 g/mol. The lowest BCUT2D eigenvalue weighted by molar-refractivity contribution is 0.408. The number of hydrogen-bond donors (Lipinski definition) is 0. The molecule has 92 valence electrons. The van der Waals surface area contributed by atoms with E-state index in [9.17, 15) is 0 Å². The molecule has 2 nitrogen and oxygen atoms in total. The Hall–Kier alpha value is -0.0200. The maximum Gasteiger partial charge on any atom is 0.0738 e. The van der Waals surface area contributed by atoms with Crippen molar-refractivity contribution < 1.29 is 0 Å². The first-order valence-electron chi connectivity index (χ1n) is 5.78. The highest BCUT2D eigenvalue weighted by molar-refractivity contribution is 9.10. The SMILES string of the molecule is CCn1nc(C)c(Br)c1CC(CCl)C(C)C. The molecule has 1 aromatic heterocycles. The van der Waals surface area contributed by atoms with Crippen molar-refractivity contribution in [3.05, 3.63) is 15.9 Å². The summed E-state index contributed by atoms with van der Waals surface area (Å²) in [4.78, 5) is 0. The fraction of sp³-hybridized carbons (Fsp3) is 0.750. The second kappa shape index (κ2) is 6.06. The zero-order valence-electron chi connectivity index (χ0n) is 10.4. The molecule has 0 aliphatic heterocycles. The van der Waals surface area contributed by atoms with E-state index < -0.39 is 0 Å². The Labute approximate surface area is 111 Å². The van der Waals surface area contributed by atoms with Crippen molar-refractivity contribution in [3.8, 4) is 0 Å². The molecule has 1 heterocycles. The van der Waals surface area contributed by atoms with E-state index in [1.165, 1.54) is 5.69 Å². The first-order valence-corrected chi connectivity index (χ1v) is 7.11. The lowest BCUT2D eigenvalue weighted by Gasteiger charge is -2.18. The lowest BCUT2D eigenvalue weighted by Crippen LogP contribution is -2.16. The van der Waals surface area contributed by atoms with Gasteiger partial charge in [0.1, 0.15) is 0 Å². The van der Waals surface area contributed by atoms with Crippen molar-refractivity contribution in [1.82, 2.24) is 9.78 Å². The number of rotatable bonds is 5. The van der Waals surface area contributed by atoms with Gasteiger partial charge in [-0.2, -0.15) is 5.10 Å². The van der Waals surface area contributed by atoms with Crippen LogP contribution in [0.2, 0.25) is 0 Å². The van der Waals surface area contributed by atoms with E-state index in [0.29, 0.717) is 17.7 Å². The second-order valence-corrected chi connectivity index (χ2v) is 5.63. The van der Waals surface area contributed by atoms with Gasteiger partial charge in [0.2, 0.25) is 0 Å². The minimum Gasteiger partial charge on any atom is -0.268 e. The van der Waals surface area contributed by atoms with E-state index in [1.807, 2.05) is 6.92 Å². The summed E-state index contributed by atoms with van der Waals surface area (Å²) in [6.07, 6.45) is 0.996. The molecular formula is C12H20BrClN2. The van der Waals surface area contributed by atoms with E-state index in [1.54, 1.807) is 0 Å². The number of aryl methyl sites for hydroxylation is 2. The van der Waals surface area contributed by atoms with Crippen LogP contribution in [0.1, 0.15) is 32.2 Å². The van der Waals surface area contributed by atoms with Crippen molar-refractivity contribution in [1.29, 1.82) is 0 Å². The zero-order chi connectivity index (χ0) is 12.3. The maximum atomic E-state index is 6.02. The Morgan fingerprint density at radius 3 is 2.50 bits per heavy atom. The second-order valence-electron chi connectivity index (χ2n) is 4.52. The van der Waals surface area contributed by atoms with Crippen LogP contribution in [-0.2, 0) is 13.0 Å². The molecular weight excluding hydrogens is 288 g/mol. The highest BCUT2D eigenvalue weighted by Crippen LogP contribution is 2.26. The summed E-state index contributed by atoms with van der Waals surface area (Å²) in [7, 11) is 0. The highest BCUT2D eigenvalue weighted by Gasteiger charge is 2.19. The number of aromatic nitrogens is 2. The third-order valence-electron chi connectivity index (χ3n) is 3.05. The van der Waals surface area contributed by atoms with E-state index in [-0.39, 0.29) is 0 Å². The molecule has 0 aliphatic rings. The first kappa shape index (κ1) is 14.0. The normalized spacial score (nSPS) is 13.4. The largest absolute Gasteiger partial charge is 0.268 e. The number of nitrogens with zero attached hydrogens (tertiary/aromatic N) is 2. The van der Waals surface area contributed by atoms with Crippen molar-refractivity contribution in [2.75, 3.05) is 5.88 Å². The van der Waals surface area contributed by atoms with Gasteiger partial charge in [-0.3, -0.25) is 4.68 Å². The van der Waals surface area contributed by atoms with Crippen LogP contribution in [0.5, 0.6) is 0 Å². The Morgan fingerprint density at radius 1 is 1.44 bits per heavy atom. The molecule has 0 N–H and O–H groups in total. The fourth-order valence-corrected chi connectivity index (χ4v) is 2.69. The molecule has 0 saturated carbocycles. The van der Waals surface area contributed by atoms with Gasteiger partial charge in [-0.1, -0.05) is 13.8 Å². The van der Waals surface area contributed by atoms with Crippen molar-refractivity contribution in [2.45, 2.75) is 40.7 Å². The van der Waals surface area contributed by atoms with Crippen LogP contribution in [0.4, 0.5) is 0 Å². The summed E-state index contributed by atoms with van der Waals surface area (Å²) in [5, 5.41) is 4.50. The Balaban J connectivity index is 2.94. The molecule has 4 heteroatoms. The van der Waals surface area contributed by atoms with Crippen LogP contribution >= 0.6 is 27.5 Å². The maximum absolute atomic E-state index is 6.02. The van der Waals surface area contributed by atoms with Gasteiger partial charge < -0.3 is 0 Å². The van der Waals surface area contributed by atoms with Crippen LogP contribution in [0.25, 0.3) is 0 Å². The van der Waals surface area contributed by atoms with Crippen molar-refractivity contribution >= 4 is 27.5 Å². The van der Waals surface area contributed by atoms with Crippen molar-refractivity contribution in [2.24, 2.45) is 11.8 Å². The molecule has 0 amide bonds. The number of alkyl halides is 1. The van der Waals surface area contributed by atoms with E-state index >= 15 is 0 Å². The van der Waals surface area contributed by atoms with E-state index in [0.717, 1.165) is 23.1 Å². The molecule has 16 heavy (non-hydrogen) atoms. The van der Waals surface area contributed by atoms with Gasteiger partial charge in [-0.15, -0.1) is 11.6 Å². The van der Waals surface area contributed by atoms with Gasteiger partial charge in [-0.05, 0) is 48.0 Å². The highest BCUT2D eigenvalue weighted by atomic mass is 79.9. The quantitative estimate of drug-likeness (QED) is 0.751. The molecule has 0 saturated heterocycles. The third kappa shape index (κ3) is 3.01. The summed E-state index contributed by atoms with van der Waals surface area (Å²) in [6, 6.07) is 0. The van der Waals surface area contributed by atoms with Crippen LogP contribution in [0, 0.1) is 18.8 Å². The summed E-state index contributed by atoms with van der Waals surface area (Å²) in [5.74, 6) is 1.82. The molecule has 1 aromatic rings. The van der Waals surface area contributed by atoms with Crippen LogP contribution in [-0.4, -0.2) is 15.7 Å². The Bertz CT molecular complexity index is 347.